The van der Waals surface area contributed by atoms with Crippen molar-refractivity contribution >= 4 is 17.6 Å². The van der Waals surface area contributed by atoms with E-state index in [2.05, 4.69) is 0 Å². The molecule has 1 unspecified atom stereocenters. The average Bonchev–Trinajstić information content (AvgIpc) is 2.60. The molecule has 0 saturated carbocycles. The summed E-state index contributed by atoms with van der Waals surface area (Å²) in [5.41, 5.74) is 1.53. The molecular formula is C18H16FNO3. The van der Waals surface area contributed by atoms with Crippen molar-refractivity contribution in [2.75, 3.05) is 12.0 Å². The summed E-state index contributed by atoms with van der Waals surface area (Å²) in [5, 5.41) is 0. The summed E-state index contributed by atoms with van der Waals surface area (Å²) in [4.78, 5) is 26.3. The number of aryl methyl sites for hydroxylation is 1. The topological polar surface area (TPSA) is 46.6 Å². The molecule has 4 nitrogen and oxygen atoms in total. The Morgan fingerprint density at radius 2 is 1.83 bits per heavy atom. The van der Waals surface area contributed by atoms with Gasteiger partial charge in [-0.1, -0.05) is 30.3 Å². The Balaban J connectivity index is 2.09. The van der Waals surface area contributed by atoms with E-state index in [0.29, 0.717) is 18.5 Å². The van der Waals surface area contributed by atoms with Crippen LogP contribution in [0.5, 0.6) is 0 Å². The molecule has 0 fully saturated rings. The minimum atomic E-state index is -0.748. The fourth-order valence-electron chi connectivity index (χ4n) is 2.92. The molecule has 23 heavy (non-hydrogen) atoms. The lowest BCUT2D eigenvalue weighted by Gasteiger charge is -2.35. The van der Waals surface area contributed by atoms with Gasteiger partial charge in [0.1, 0.15) is 11.9 Å². The van der Waals surface area contributed by atoms with Crippen LogP contribution in [0, 0.1) is 5.82 Å². The number of methoxy groups -OCH3 is 1. The number of esters is 1. The number of fused-ring (bicyclic) bond motifs is 1. The van der Waals surface area contributed by atoms with Gasteiger partial charge in [0.25, 0.3) is 5.91 Å². The number of para-hydroxylation sites is 1. The Labute approximate surface area is 133 Å². The number of rotatable bonds is 2. The first-order valence-corrected chi connectivity index (χ1v) is 7.37. The Kier molecular flexibility index (Phi) is 4.10. The lowest BCUT2D eigenvalue weighted by Crippen LogP contribution is -2.49. The lowest BCUT2D eigenvalue weighted by atomic mass is 9.94. The van der Waals surface area contributed by atoms with Crippen LogP contribution in [-0.4, -0.2) is 25.0 Å². The van der Waals surface area contributed by atoms with E-state index in [1.165, 1.54) is 30.2 Å². The maximum absolute atomic E-state index is 14.0. The molecule has 1 aliphatic heterocycles. The molecule has 2 aromatic rings. The van der Waals surface area contributed by atoms with Crippen molar-refractivity contribution in [1.29, 1.82) is 0 Å². The zero-order valence-electron chi connectivity index (χ0n) is 12.7. The van der Waals surface area contributed by atoms with Crippen molar-refractivity contribution in [1.82, 2.24) is 0 Å². The molecule has 5 heteroatoms. The van der Waals surface area contributed by atoms with Gasteiger partial charge in [-0.3, -0.25) is 9.69 Å². The molecule has 0 spiro atoms. The second-order valence-electron chi connectivity index (χ2n) is 5.36. The van der Waals surface area contributed by atoms with Gasteiger partial charge in [-0.25, -0.2) is 9.18 Å². The van der Waals surface area contributed by atoms with Gasteiger partial charge in [0, 0.05) is 5.69 Å². The van der Waals surface area contributed by atoms with E-state index in [9.17, 15) is 14.0 Å². The molecular weight excluding hydrogens is 297 g/mol. The highest BCUT2D eigenvalue weighted by Gasteiger charge is 2.37. The number of carbonyl (C=O) groups excluding carboxylic acids is 2. The van der Waals surface area contributed by atoms with Crippen LogP contribution in [0.4, 0.5) is 10.1 Å². The zero-order chi connectivity index (χ0) is 16.4. The van der Waals surface area contributed by atoms with Crippen molar-refractivity contribution in [3.63, 3.8) is 0 Å². The summed E-state index contributed by atoms with van der Waals surface area (Å²) in [6.07, 6.45) is 1.11. The van der Waals surface area contributed by atoms with Crippen LogP contribution in [0.25, 0.3) is 0 Å². The molecule has 1 atom stereocenters. The fraction of sp³-hybridized carbons (Fsp3) is 0.222. The number of anilines is 1. The molecule has 3 rings (SSSR count). The Hall–Kier alpha value is -2.69. The molecule has 1 amide bonds. The fourth-order valence-corrected chi connectivity index (χ4v) is 2.92. The summed E-state index contributed by atoms with van der Waals surface area (Å²) in [6, 6.07) is 12.4. The molecule has 0 aliphatic carbocycles. The van der Waals surface area contributed by atoms with E-state index in [1.54, 1.807) is 18.2 Å². The maximum Gasteiger partial charge on any atom is 0.328 e. The molecule has 1 heterocycles. The van der Waals surface area contributed by atoms with Crippen molar-refractivity contribution in [3.8, 4) is 0 Å². The van der Waals surface area contributed by atoms with E-state index in [-0.39, 0.29) is 5.56 Å². The number of carbonyl (C=O) groups is 2. The van der Waals surface area contributed by atoms with E-state index in [4.69, 9.17) is 4.74 Å². The Morgan fingerprint density at radius 3 is 2.57 bits per heavy atom. The first-order chi connectivity index (χ1) is 11.1. The van der Waals surface area contributed by atoms with E-state index < -0.39 is 23.7 Å². The van der Waals surface area contributed by atoms with E-state index >= 15 is 0 Å². The second-order valence-corrected chi connectivity index (χ2v) is 5.36. The van der Waals surface area contributed by atoms with Crippen molar-refractivity contribution in [3.05, 3.63) is 65.5 Å². The first kappa shape index (κ1) is 15.2. The molecule has 0 N–H and O–H groups in total. The maximum atomic E-state index is 14.0. The third-order valence-electron chi connectivity index (χ3n) is 4.05. The standard InChI is InChI=1S/C18H16FNO3/c1-23-18(22)16-11-10-12-6-2-5-9-15(12)20(16)17(21)13-7-3-4-8-14(13)19/h2-9,16H,10-11H2,1H3. The molecule has 0 bridgehead atoms. The summed E-state index contributed by atoms with van der Waals surface area (Å²) in [6.45, 7) is 0. The van der Waals surface area contributed by atoms with Gasteiger partial charge in [0.15, 0.2) is 0 Å². The molecule has 118 valence electrons. The van der Waals surface area contributed by atoms with Crippen molar-refractivity contribution < 1.29 is 18.7 Å². The average molecular weight is 313 g/mol. The van der Waals surface area contributed by atoms with Gasteiger partial charge >= 0.3 is 5.97 Å². The van der Waals surface area contributed by atoms with E-state index in [1.807, 2.05) is 12.1 Å². The first-order valence-electron chi connectivity index (χ1n) is 7.37. The number of hydrogen-bond acceptors (Lipinski definition) is 3. The van der Waals surface area contributed by atoms with Crippen LogP contribution in [0.15, 0.2) is 48.5 Å². The monoisotopic (exact) mass is 313 g/mol. The van der Waals surface area contributed by atoms with Crippen LogP contribution >= 0.6 is 0 Å². The van der Waals surface area contributed by atoms with Gasteiger partial charge in [-0.2, -0.15) is 0 Å². The van der Waals surface area contributed by atoms with Crippen LogP contribution in [-0.2, 0) is 16.0 Å². The molecule has 2 aromatic carbocycles. The van der Waals surface area contributed by atoms with Gasteiger partial charge < -0.3 is 4.74 Å². The molecule has 1 aliphatic rings. The lowest BCUT2D eigenvalue weighted by molar-refractivity contribution is -0.142. The Morgan fingerprint density at radius 1 is 1.13 bits per heavy atom. The Bertz CT molecular complexity index is 759. The second kappa shape index (κ2) is 6.20. The number of halogens is 1. The summed E-state index contributed by atoms with van der Waals surface area (Å²) < 4.78 is 18.8. The van der Waals surface area contributed by atoms with Gasteiger partial charge in [0.2, 0.25) is 0 Å². The highest BCUT2D eigenvalue weighted by Crippen LogP contribution is 2.32. The number of benzene rings is 2. The summed E-state index contributed by atoms with van der Waals surface area (Å²) >= 11 is 0. The molecule has 0 aromatic heterocycles. The quantitative estimate of drug-likeness (QED) is 0.801. The normalized spacial score (nSPS) is 16.6. The van der Waals surface area contributed by atoms with Crippen molar-refractivity contribution in [2.45, 2.75) is 18.9 Å². The van der Waals surface area contributed by atoms with Crippen molar-refractivity contribution in [2.24, 2.45) is 0 Å². The van der Waals surface area contributed by atoms with Gasteiger partial charge in [0.05, 0.1) is 12.7 Å². The van der Waals surface area contributed by atoms with Gasteiger partial charge in [-0.05, 0) is 36.6 Å². The number of ether oxygens (including phenoxy) is 1. The smallest absolute Gasteiger partial charge is 0.328 e. The minimum Gasteiger partial charge on any atom is -0.467 e. The predicted octanol–water partition coefficient (Wildman–Crippen LogP) is 2.96. The van der Waals surface area contributed by atoms with Crippen LogP contribution < -0.4 is 4.90 Å². The number of nitrogens with zero attached hydrogens (tertiary/aromatic N) is 1. The molecule has 0 saturated heterocycles. The largest absolute Gasteiger partial charge is 0.467 e. The number of amides is 1. The minimum absolute atomic E-state index is 0.0573. The van der Waals surface area contributed by atoms with Crippen LogP contribution in [0.2, 0.25) is 0 Å². The van der Waals surface area contributed by atoms with Crippen LogP contribution in [0.1, 0.15) is 22.3 Å². The predicted molar refractivity (Wildman–Crippen MR) is 83.8 cm³/mol. The zero-order valence-corrected chi connectivity index (χ0v) is 12.7. The summed E-state index contributed by atoms with van der Waals surface area (Å²) in [7, 11) is 1.29. The highest BCUT2D eigenvalue weighted by molar-refractivity contribution is 6.10. The molecule has 0 radical (unpaired) electrons. The number of hydrogen-bond donors (Lipinski definition) is 0. The van der Waals surface area contributed by atoms with Crippen LogP contribution in [0.3, 0.4) is 0 Å². The third kappa shape index (κ3) is 2.70. The SMILES string of the molecule is COC(=O)C1CCc2ccccc2N1C(=O)c1ccccc1F. The summed E-state index contributed by atoms with van der Waals surface area (Å²) in [5.74, 6) is -1.64. The van der Waals surface area contributed by atoms with Gasteiger partial charge in [-0.15, -0.1) is 0 Å². The highest BCUT2D eigenvalue weighted by atomic mass is 19.1. The third-order valence-corrected chi connectivity index (χ3v) is 4.05. The van der Waals surface area contributed by atoms with E-state index in [0.717, 1.165) is 5.56 Å².